The van der Waals surface area contributed by atoms with E-state index >= 15 is 0 Å². The third-order valence-corrected chi connectivity index (χ3v) is 5.06. The summed E-state index contributed by atoms with van der Waals surface area (Å²) >= 11 is 0. The number of oxazole rings is 1. The molecule has 0 aliphatic heterocycles. The lowest BCUT2D eigenvalue weighted by molar-refractivity contribution is 0.102. The average molecular weight is 373 g/mol. The zero-order valence-electron chi connectivity index (χ0n) is 15.6. The van der Waals surface area contributed by atoms with Gasteiger partial charge in [0.15, 0.2) is 17.8 Å². The van der Waals surface area contributed by atoms with Gasteiger partial charge in [0, 0.05) is 28.6 Å². The Morgan fingerprint density at radius 2 is 2.07 bits per heavy atom. The molecule has 1 aliphatic rings. The molecule has 1 amide bonds. The van der Waals surface area contributed by atoms with Gasteiger partial charge in [-0.15, -0.1) is 0 Å². The maximum Gasteiger partial charge on any atom is 0.261 e. The molecule has 0 bridgehead atoms. The van der Waals surface area contributed by atoms with Crippen molar-refractivity contribution in [1.29, 1.82) is 0 Å². The van der Waals surface area contributed by atoms with Gasteiger partial charge < -0.3 is 9.73 Å². The first-order chi connectivity index (χ1) is 13.6. The number of fused-ring (bicyclic) bond motifs is 1. The second-order valence-corrected chi connectivity index (χ2v) is 7.24. The monoisotopic (exact) mass is 373 g/mol. The maximum absolute atomic E-state index is 12.9. The number of carbonyl (C=O) groups is 1. The van der Waals surface area contributed by atoms with Gasteiger partial charge in [0.25, 0.3) is 5.91 Å². The van der Waals surface area contributed by atoms with E-state index in [0.29, 0.717) is 22.9 Å². The third-order valence-electron chi connectivity index (χ3n) is 5.06. The predicted molar refractivity (Wildman–Crippen MR) is 104 cm³/mol. The molecule has 28 heavy (non-hydrogen) atoms. The topological polar surface area (TPSA) is 85.3 Å². The summed E-state index contributed by atoms with van der Waals surface area (Å²) < 4.78 is 7.14. The fourth-order valence-corrected chi connectivity index (χ4v) is 3.45. The normalized spacial score (nSPS) is 13.8. The smallest absolute Gasteiger partial charge is 0.261 e. The minimum Gasteiger partial charge on any atom is -0.444 e. The van der Waals surface area contributed by atoms with Crippen LogP contribution in [0.5, 0.6) is 0 Å². The number of benzene rings is 1. The van der Waals surface area contributed by atoms with E-state index in [2.05, 4.69) is 26.4 Å². The number of nitrogens with zero attached hydrogens (tertiary/aromatic N) is 4. The Morgan fingerprint density at radius 3 is 2.79 bits per heavy atom. The molecular weight excluding hydrogens is 354 g/mol. The molecule has 140 valence electrons. The number of aromatic nitrogens is 4. The van der Waals surface area contributed by atoms with Crippen molar-refractivity contribution in [2.24, 2.45) is 0 Å². The van der Waals surface area contributed by atoms with E-state index in [1.54, 1.807) is 16.9 Å². The molecule has 7 nitrogen and oxygen atoms in total. The molecule has 0 spiro atoms. The van der Waals surface area contributed by atoms with Crippen molar-refractivity contribution in [1.82, 2.24) is 19.6 Å². The van der Waals surface area contributed by atoms with E-state index in [4.69, 9.17) is 4.42 Å². The molecule has 0 unspecified atom stereocenters. The predicted octanol–water partition coefficient (Wildman–Crippen LogP) is 4.13. The van der Waals surface area contributed by atoms with Crippen LogP contribution in [-0.4, -0.2) is 25.5 Å². The number of hydrogen-bond donors (Lipinski definition) is 1. The van der Waals surface area contributed by atoms with Crippen LogP contribution in [0.25, 0.3) is 17.0 Å². The molecule has 4 aromatic rings. The first-order valence-electron chi connectivity index (χ1n) is 9.26. The van der Waals surface area contributed by atoms with Crippen LogP contribution in [-0.2, 0) is 0 Å². The van der Waals surface area contributed by atoms with E-state index in [-0.39, 0.29) is 5.91 Å². The zero-order valence-corrected chi connectivity index (χ0v) is 15.6. The summed E-state index contributed by atoms with van der Waals surface area (Å²) in [6.45, 7) is 3.89. The van der Waals surface area contributed by atoms with Crippen molar-refractivity contribution in [3.63, 3.8) is 0 Å². The van der Waals surface area contributed by atoms with Gasteiger partial charge in [-0.25, -0.2) is 14.5 Å². The SMILES string of the molecule is Cc1cc(C2CC2)n2ncc(C(=O)Nc3ccc(-c4cnco4)cc3C)c2n1. The Bertz CT molecular complexity index is 1190. The highest BCUT2D eigenvalue weighted by molar-refractivity contribution is 6.08. The molecule has 3 aromatic heterocycles. The Hall–Kier alpha value is -3.48. The largest absolute Gasteiger partial charge is 0.444 e. The molecule has 0 radical (unpaired) electrons. The van der Waals surface area contributed by atoms with Crippen molar-refractivity contribution in [2.75, 3.05) is 5.32 Å². The lowest BCUT2D eigenvalue weighted by atomic mass is 10.1. The molecule has 5 rings (SSSR count). The average Bonchev–Trinajstić information content (AvgIpc) is 3.20. The Labute approximate surface area is 161 Å². The van der Waals surface area contributed by atoms with Crippen LogP contribution >= 0.6 is 0 Å². The molecule has 1 aliphatic carbocycles. The summed E-state index contributed by atoms with van der Waals surface area (Å²) in [7, 11) is 0. The van der Waals surface area contributed by atoms with Crippen molar-refractivity contribution in [3.05, 3.63) is 65.6 Å². The zero-order chi connectivity index (χ0) is 19.3. The van der Waals surface area contributed by atoms with Crippen LogP contribution in [0.15, 0.2) is 47.5 Å². The molecular formula is C21H19N5O2. The molecule has 0 atom stereocenters. The Morgan fingerprint density at radius 1 is 1.21 bits per heavy atom. The van der Waals surface area contributed by atoms with E-state index < -0.39 is 0 Å². The lowest BCUT2D eigenvalue weighted by Gasteiger charge is -2.09. The Kier molecular flexibility index (Phi) is 3.75. The second kappa shape index (κ2) is 6.30. The first kappa shape index (κ1) is 16.7. The molecule has 1 N–H and O–H groups in total. The molecule has 3 heterocycles. The van der Waals surface area contributed by atoms with E-state index in [9.17, 15) is 4.79 Å². The van der Waals surface area contributed by atoms with Crippen LogP contribution in [0.4, 0.5) is 5.69 Å². The number of aryl methyl sites for hydroxylation is 2. The maximum atomic E-state index is 12.9. The number of hydrogen-bond acceptors (Lipinski definition) is 5. The van der Waals surface area contributed by atoms with Crippen molar-refractivity contribution in [3.8, 4) is 11.3 Å². The minimum atomic E-state index is -0.217. The van der Waals surface area contributed by atoms with Crippen LogP contribution < -0.4 is 5.32 Å². The third kappa shape index (κ3) is 2.85. The van der Waals surface area contributed by atoms with E-state index in [1.807, 2.05) is 32.0 Å². The Balaban J connectivity index is 1.46. The number of carbonyl (C=O) groups excluding carboxylic acids is 1. The number of rotatable bonds is 4. The van der Waals surface area contributed by atoms with Gasteiger partial charge >= 0.3 is 0 Å². The van der Waals surface area contributed by atoms with Crippen molar-refractivity contribution < 1.29 is 9.21 Å². The minimum absolute atomic E-state index is 0.217. The van der Waals surface area contributed by atoms with Crippen molar-refractivity contribution in [2.45, 2.75) is 32.6 Å². The van der Waals surface area contributed by atoms with Gasteiger partial charge in [0.1, 0.15) is 5.56 Å². The summed E-state index contributed by atoms with van der Waals surface area (Å²) in [5.41, 5.74) is 5.70. The fourth-order valence-electron chi connectivity index (χ4n) is 3.45. The first-order valence-corrected chi connectivity index (χ1v) is 9.26. The van der Waals surface area contributed by atoms with E-state index in [0.717, 1.165) is 41.0 Å². The second-order valence-electron chi connectivity index (χ2n) is 7.24. The molecule has 1 fully saturated rings. The van der Waals surface area contributed by atoms with Gasteiger partial charge in [-0.1, -0.05) is 0 Å². The highest BCUT2D eigenvalue weighted by Crippen LogP contribution is 2.40. The summed E-state index contributed by atoms with van der Waals surface area (Å²) in [6.07, 6.45) is 6.99. The quantitative estimate of drug-likeness (QED) is 0.581. The van der Waals surface area contributed by atoms with Gasteiger partial charge in [-0.3, -0.25) is 4.79 Å². The summed E-state index contributed by atoms with van der Waals surface area (Å²) in [5, 5.41) is 7.41. The van der Waals surface area contributed by atoms with Gasteiger partial charge in [-0.2, -0.15) is 5.10 Å². The number of anilines is 1. The summed E-state index contributed by atoms with van der Waals surface area (Å²) in [6, 6.07) is 7.78. The van der Waals surface area contributed by atoms with Gasteiger partial charge in [-0.05, 0) is 56.5 Å². The van der Waals surface area contributed by atoms with E-state index in [1.165, 1.54) is 6.39 Å². The molecule has 0 saturated heterocycles. The number of nitrogens with one attached hydrogen (secondary N) is 1. The highest BCUT2D eigenvalue weighted by atomic mass is 16.3. The van der Waals surface area contributed by atoms with Crippen LogP contribution in [0.3, 0.4) is 0 Å². The summed E-state index contributed by atoms with van der Waals surface area (Å²) in [4.78, 5) is 21.4. The van der Waals surface area contributed by atoms with Crippen molar-refractivity contribution >= 4 is 17.2 Å². The summed E-state index contributed by atoms with van der Waals surface area (Å²) in [5.74, 6) is 0.993. The lowest BCUT2D eigenvalue weighted by Crippen LogP contribution is -2.13. The molecule has 7 heteroatoms. The highest BCUT2D eigenvalue weighted by Gasteiger charge is 2.28. The van der Waals surface area contributed by atoms with Crippen LogP contribution in [0.2, 0.25) is 0 Å². The van der Waals surface area contributed by atoms with Gasteiger partial charge in [0.05, 0.1) is 12.4 Å². The molecule has 1 saturated carbocycles. The molecule has 1 aromatic carbocycles. The van der Waals surface area contributed by atoms with Crippen LogP contribution in [0.1, 0.15) is 46.1 Å². The van der Waals surface area contributed by atoms with Gasteiger partial charge in [0.2, 0.25) is 0 Å². The fraction of sp³-hybridized carbons (Fsp3) is 0.238. The van der Waals surface area contributed by atoms with Crippen LogP contribution in [0, 0.1) is 13.8 Å². The number of amides is 1. The standard InChI is InChI=1S/C21H19N5O2/c1-12-7-15(19-10-22-11-28-19)5-6-17(12)25-21(27)16-9-23-26-18(14-3-4-14)8-13(2)24-20(16)26/h5-11,14H,3-4H2,1-2H3,(H,25,27).